The summed E-state index contributed by atoms with van der Waals surface area (Å²) in [6.07, 6.45) is -0.249. The lowest BCUT2D eigenvalue weighted by Gasteiger charge is -2.44. The number of ether oxygens (including phenoxy) is 1. The van der Waals surface area contributed by atoms with Gasteiger partial charge in [-0.25, -0.2) is 9.78 Å². The quantitative estimate of drug-likeness (QED) is 0.906. The Morgan fingerprint density at radius 3 is 2.43 bits per heavy atom. The van der Waals surface area contributed by atoms with Gasteiger partial charge < -0.3 is 15.4 Å². The van der Waals surface area contributed by atoms with Crippen molar-refractivity contribution in [2.45, 2.75) is 58.8 Å². The number of carbonyl (C=O) groups excluding carboxylic acids is 1. The van der Waals surface area contributed by atoms with Gasteiger partial charge in [0.25, 0.3) is 0 Å². The average Bonchev–Trinajstić information content (AvgIpc) is 2.44. The van der Waals surface area contributed by atoms with Gasteiger partial charge in [-0.15, -0.1) is 0 Å². The van der Waals surface area contributed by atoms with Crippen molar-refractivity contribution in [1.29, 1.82) is 0 Å². The number of amides is 1. The largest absolute Gasteiger partial charge is 0.444 e. The molecule has 2 N–H and O–H groups in total. The first-order valence-corrected chi connectivity index (χ1v) is 8.13. The molecule has 0 aromatic carbocycles. The van der Waals surface area contributed by atoms with Crippen molar-refractivity contribution >= 4 is 11.9 Å². The maximum atomic E-state index is 12.4. The van der Waals surface area contributed by atoms with Crippen LogP contribution in [0.15, 0.2) is 18.2 Å². The molecule has 2 atom stereocenters. The van der Waals surface area contributed by atoms with Crippen LogP contribution in [0, 0.1) is 0 Å². The van der Waals surface area contributed by atoms with Crippen LogP contribution in [0.4, 0.5) is 10.6 Å². The van der Waals surface area contributed by atoms with Crippen molar-refractivity contribution in [3.63, 3.8) is 0 Å². The SMILES string of the molecule is C[C@H]1CN(c2cccc(CN)n2)C[C@H](C)N1C(=O)OC(C)(C)C. The van der Waals surface area contributed by atoms with Gasteiger partial charge in [-0.05, 0) is 46.8 Å². The summed E-state index contributed by atoms with van der Waals surface area (Å²) in [4.78, 5) is 21.0. The molecule has 0 bridgehead atoms. The van der Waals surface area contributed by atoms with Gasteiger partial charge in [-0.2, -0.15) is 0 Å². The number of rotatable bonds is 2. The Hall–Kier alpha value is -1.82. The lowest BCUT2D eigenvalue weighted by molar-refractivity contribution is 0.00560. The second kappa shape index (κ2) is 6.74. The van der Waals surface area contributed by atoms with Crippen molar-refractivity contribution in [3.05, 3.63) is 23.9 Å². The number of nitrogens with zero attached hydrogens (tertiary/aromatic N) is 3. The highest BCUT2D eigenvalue weighted by molar-refractivity contribution is 5.69. The fraction of sp³-hybridized carbons (Fsp3) is 0.647. The summed E-state index contributed by atoms with van der Waals surface area (Å²) in [5, 5.41) is 0. The Morgan fingerprint density at radius 1 is 1.30 bits per heavy atom. The van der Waals surface area contributed by atoms with Crippen LogP contribution >= 0.6 is 0 Å². The number of aromatic nitrogens is 1. The summed E-state index contributed by atoms with van der Waals surface area (Å²) in [6, 6.07) is 5.99. The monoisotopic (exact) mass is 320 g/mol. The molecule has 1 aliphatic heterocycles. The molecule has 6 nitrogen and oxygen atoms in total. The minimum Gasteiger partial charge on any atom is -0.444 e. The minimum atomic E-state index is -0.481. The molecule has 2 heterocycles. The number of nitrogens with two attached hydrogens (primary N) is 1. The van der Waals surface area contributed by atoms with Gasteiger partial charge in [-0.1, -0.05) is 6.07 Å². The van der Waals surface area contributed by atoms with Gasteiger partial charge in [0.2, 0.25) is 0 Å². The van der Waals surface area contributed by atoms with E-state index in [4.69, 9.17) is 10.5 Å². The first-order valence-electron chi connectivity index (χ1n) is 8.13. The molecule has 0 aliphatic carbocycles. The van der Waals surface area contributed by atoms with Gasteiger partial charge in [0.1, 0.15) is 11.4 Å². The molecule has 128 valence electrons. The van der Waals surface area contributed by atoms with Crippen molar-refractivity contribution < 1.29 is 9.53 Å². The van der Waals surface area contributed by atoms with Crippen molar-refractivity contribution in [3.8, 4) is 0 Å². The second-order valence-electron chi connectivity index (χ2n) is 7.18. The Balaban J connectivity index is 2.11. The molecule has 23 heavy (non-hydrogen) atoms. The van der Waals surface area contributed by atoms with Crippen LogP contribution in [-0.2, 0) is 11.3 Å². The number of anilines is 1. The summed E-state index contributed by atoms with van der Waals surface area (Å²) >= 11 is 0. The molecule has 1 aliphatic rings. The van der Waals surface area contributed by atoms with E-state index >= 15 is 0 Å². The summed E-state index contributed by atoms with van der Waals surface area (Å²) in [5.74, 6) is 0.912. The molecule has 1 aromatic rings. The number of hydrogen-bond acceptors (Lipinski definition) is 5. The fourth-order valence-corrected chi connectivity index (χ4v) is 2.94. The topological polar surface area (TPSA) is 71.7 Å². The molecule has 1 aromatic heterocycles. The zero-order valence-corrected chi connectivity index (χ0v) is 14.7. The Morgan fingerprint density at radius 2 is 1.91 bits per heavy atom. The third kappa shape index (κ3) is 4.34. The number of carbonyl (C=O) groups is 1. The van der Waals surface area contributed by atoms with Crippen LogP contribution in [0.5, 0.6) is 0 Å². The molecule has 0 unspecified atom stereocenters. The van der Waals surface area contributed by atoms with Gasteiger partial charge >= 0.3 is 6.09 Å². The normalized spacial score (nSPS) is 22.2. The third-order valence-corrected chi connectivity index (χ3v) is 3.85. The lowest BCUT2D eigenvalue weighted by Crippen LogP contribution is -2.59. The van der Waals surface area contributed by atoms with Crippen LogP contribution < -0.4 is 10.6 Å². The summed E-state index contributed by atoms with van der Waals surface area (Å²) in [7, 11) is 0. The second-order valence-corrected chi connectivity index (χ2v) is 7.18. The van der Waals surface area contributed by atoms with Crippen LogP contribution in [0.25, 0.3) is 0 Å². The van der Waals surface area contributed by atoms with E-state index in [1.54, 1.807) is 0 Å². The number of hydrogen-bond donors (Lipinski definition) is 1. The Kier molecular flexibility index (Phi) is 5.14. The van der Waals surface area contributed by atoms with E-state index in [2.05, 4.69) is 9.88 Å². The fourth-order valence-electron chi connectivity index (χ4n) is 2.94. The Labute approximate surface area is 138 Å². The van der Waals surface area contributed by atoms with Gasteiger partial charge in [0.15, 0.2) is 0 Å². The van der Waals surface area contributed by atoms with Crippen molar-refractivity contribution in [2.75, 3.05) is 18.0 Å². The van der Waals surface area contributed by atoms with Crippen LogP contribution in [0.2, 0.25) is 0 Å². The first-order chi connectivity index (χ1) is 10.7. The summed E-state index contributed by atoms with van der Waals surface area (Å²) < 4.78 is 5.53. The first kappa shape index (κ1) is 17.5. The molecular formula is C17H28N4O2. The molecule has 0 radical (unpaired) electrons. The van der Waals surface area contributed by atoms with Crippen molar-refractivity contribution in [2.24, 2.45) is 5.73 Å². The van der Waals surface area contributed by atoms with E-state index in [0.29, 0.717) is 6.54 Å². The number of pyridine rings is 1. The molecule has 0 saturated carbocycles. The average molecular weight is 320 g/mol. The highest BCUT2D eigenvalue weighted by Crippen LogP contribution is 2.23. The van der Waals surface area contributed by atoms with E-state index in [-0.39, 0.29) is 18.2 Å². The van der Waals surface area contributed by atoms with Crippen LogP contribution in [0.3, 0.4) is 0 Å². The smallest absolute Gasteiger partial charge is 0.410 e. The highest BCUT2D eigenvalue weighted by atomic mass is 16.6. The van der Waals surface area contributed by atoms with Crippen LogP contribution in [-0.4, -0.2) is 46.8 Å². The predicted octanol–water partition coefficient (Wildman–Crippen LogP) is 2.37. The maximum absolute atomic E-state index is 12.4. The summed E-state index contributed by atoms with van der Waals surface area (Å²) in [6.45, 7) is 11.6. The van der Waals surface area contributed by atoms with E-state index in [1.807, 2.05) is 57.7 Å². The number of piperazine rings is 1. The maximum Gasteiger partial charge on any atom is 0.410 e. The molecule has 1 saturated heterocycles. The molecule has 2 rings (SSSR count). The van der Waals surface area contributed by atoms with Gasteiger partial charge in [0.05, 0.1) is 17.8 Å². The van der Waals surface area contributed by atoms with Gasteiger partial charge in [0, 0.05) is 19.6 Å². The van der Waals surface area contributed by atoms with E-state index in [1.165, 1.54) is 0 Å². The minimum absolute atomic E-state index is 0.0527. The van der Waals surface area contributed by atoms with E-state index in [9.17, 15) is 4.79 Å². The molecule has 1 fully saturated rings. The standard InChI is InChI=1S/C17H28N4O2/c1-12-10-20(15-8-6-7-14(9-18)19-15)11-13(2)21(12)16(22)23-17(3,4)5/h6-8,12-13H,9-11,18H2,1-5H3/t12-,13-/m0/s1. The Bertz CT molecular complexity index is 544. The predicted molar refractivity (Wildman–Crippen MR) is 91.3 cm³/mol. The zero-order chi connectivity index (χ0) is 17.2. The van der Waals surface area contributed by atoms with E-state index in [0.717, 1.165) is 24.6 Å². The lowest BCUT2D eigenvalue weighted by atomic mass is 10.1. The highest BCUT2D eigenvalue weighted by Gasteiger charge is 2.35. The van der Waals surface area contributed by atoms with Crippen molar-refractivity contribution in [1.82, 2.24) is 9.88 Å². The van der Waals surface area contributed by atoms with Crippen LogP contribution in [0.1, 0.15) is 40.3 Å². The molecule has 6 heteroatoms. The zero-order valence-electron chi connectivity index (χ0n) is 14.7. The van der Waals surface area contributed by atoms with Gasteiger partial charge in [-0.3, -0.25) is 4.90 Å². The van der Waals surface area contributed by atoms with E-state index < -0.39 is 5.60 Å². The summed E-state index contributed by atoms with van der Waals surface area (Å²) in [5.41, 5.74) is 6.06. The molecule has 1 amide bonds. The molecule has 0 spiro atoms. The third-order valence-electron chi connectivity index (χ3n) is 3.85. The molecular weight excluding hydrogens is 292 g/mol.